The van der Waals surface area contributed by atoms with E-state index >= 15 is 0 Å². The SMILES string of the molecule is CCCCCC(CCCCCCCCCCCC(=O)[O-])c1ccccc1.CCCCCC(CCCCCCCCCCCC(=O)[O-])c1ccccc1.[Ba+2]. The van der Waals surface area contributed by atoms with Crippen LogP contribution in [0.4, 0.5) is 0 Å². The van der Waals surface area contributed by atoms with E-state index < -0.39 is 11.9 Å². The van der Waals surface area contributed by atoms with E-state index in [2.05, 4.69) is 74.5 Å². The maximum atomic E-state index is 10.3. The molecule has 2 aromatic rings. The third kappa shape index (κ3) is 32.9. The van der Waals surface area contributed by atoms with E-state index in [0.29, 0.717) is 0 Å². The number of carbonyl (C=O) groups excluding carboxylic acids is 2. The first kappa shape index (κ1) is 52.0. The average Bonchev–Trinajstić information content (AvgIpc) is 3.15. The summed E-state index contributed by atoms with van der Waals surface area (Å²) in [6, 6.07) is 22.1. The van der Waals surface area contributed by atoms with Gasteiger partial charge in [-0.15, -0.1) is 0 Å². The van der Waals surface area contributed by atoms with Gasteiger partial charge in [0.2, 0.25) is 0 Å². The molecule has 4 nitrogen and oxygen atoms in total. The molecule has 0 fully saturated rings. The molecule has 0 aliphatic heterocycles. The van der Waals surface area contributed by atoms with Crippen molar-refractivity contribution in [3.05, 3.63) is 71.8 Å². The summed E-state index contributed by atoms with van der Waals surface area (Å²) >= 11 is 0. The van der Waals surface area contributed by atoms with Crippen LogP contribution in [0.2, 0.25) is 0 Å². The van der Waals surface area contributed by atoms with Crippen molar-refractivity contribution in [2.24, 2.45) is 0 Å². The molecule has 0 aromatic heterocycles. The Morgan fingerprint density at radius 1 is 0.396 bits per heavy atom. The van der Waals surface area contributed by atoms with Crippen LogP contribution < -0.4 is 10.2 Å². The van der Waals surface area contributed by atoms with E-state index in [1.807, 2.05) is 0 Å². The molecule has 0 bridgehead atoms. The summed E-state index contributed by atoms with van der Waals surface area (Å²) in [5, 5.41) is 20.7. The maximum absolute atomic E-state index is 10.3. The van der Waals surface area contributed by atoms with Gasteiger partial charge in [-0.1, -0.05) is 216 Å². The molecular weight excluding hydrogens is 778 g/mol. The van der Waals surface area contributed by atoms with Crippen LogP contribution in [-0.4, -0.2) is 60.8 Å². The zero-order valence-corrected chi connectivity index (χ0v) is 38.9. The summed E-state index contributed by atoms with van der Waals surface area (Å²) in [6.45, 7) is 4.56. The predicted octanol–water partition coefficient (Wildman–Crippen LogP) is 12.4. The maximum Gasteiger partial charge on any atom is 2.00 e. The minimum atomic E-state index is -0.909. The van der Waals surface area contributed by atoms with Crippen molar-refractivity contribution in [1.82, 2.24) is 0 Å². The zero-order chi connectivity index (χ0) is 37.7. The van der Waals surface area contributed by atoms with Crippen molar-refractivity contribution < 1.29 is 19.8 Å². The molecule has 0 saturated carbocycles. The van der Waals surface area contributed by atoms with Gasteiger partial charge in [-0.2, -0.15) is 0 Å². The fourth-order valence-corrected chi connectivity index (χ4v) is 7.48. The van der Waals surface area contributed by atoms with E-state index in [0.717, 1.165) is 37.5 Å². The van der Waals surface area contributed by atoms with Gasteiger partial charge in [0.05, 0.1) is 0 Å². The van der Waals surface area contributed by atoms with Gasteiger partial charge < -0.3 is 19.8 Å². The number of hydrogen-bond donors (Lipinski definition) is 0. The number of rotatable bonds is 34. The molecule has 2 atom stereocenters. The van der Waals surface area contributed by atoms with Gasteiger partial charge in [0.25, 0.3) is 0 Å². The van der Waals surface area contributed by atoms with Crippen LogP contribution in [0, 0.1) is 0 Å². The first-order valence-electron chi connectivity index (χ1n) is 22.0. The summed E-state index contributed by atoms with van der Waals surface area (Å²) in [7, 11) is 0. The van der Waals surface area contributed by atoms with Crippen molar-refractivity contribution in [3.63, 3.8) is 0 Å². The summed E-state index contributed by atoms with van der Waals surface area (Å²) in [4.78, 5) is 20.7. The van der Waals surface area contributed by atoms with Crippen LogP contribution in [0.3, 0.4) is 0 Å². The molecule has 0 amide bonds. The van der Waals surface area contributed by atoms with Gasteiger partial charge in [-0.3, -0.25) is 0 Å². The van der Waals surface area contributed by atoms with E-state index in [9.17, 15) is 19.8 Å². The van der Waals surface area contributed by atoms with Gasteiger partial charge in [-0.05, 0) is 74.3 Å². The molecule has 0 radical (unpaired) electrons. The van der Waals surface area contributed by atoms with Crippen molar-refractivity contribution in [1.29, 1.82) is 0 Å². The molecule has 2 rings (SSSR count). The topological polar surface area (TPSA) is 80.3 Å². The zero-order valence-electron chi connectivity index (χ0n) is 34.5. The van der Waals surface area contributed by atoms with E-state index in [1.165, 1.54) is 165 Å². The Morgan fingerprint density at radius 3 is 0.906 bits per heavy atom. The second kappa shape index (κ2) is 39.2. The Kier molecular flexibility index (Phi) is 38.4. The molecule has 2 aromatic carbocycles. The Balaban J connectivity index is 0.00000100. The number of carbonyl (C=O) groups is 2. The van der Waals surface area contributed by atoms with Gasteiger partial charge in [0, 0.05) is 11.9 Å². The molecule has 0 saturated heterocycles. The smallest absolute Gasteiger partial charge is 0.550 e. The minimum absolute atomic E-state index is 0. The summed E-state index contributed by atoms with van der Waals surface area (Å²) < 4.78 is 0. The van der Waals surface area contributed by atoms with Crippen molar-refractivity contribution in [2.45, 2.75) is 218 Å². The molecule has 0 aliphatic carbocycles. The first-order valence-corrected chi connectivity index (χ1v) is 22.0. The van der Waals surface area contributed by atoms with Crippen LogP contribution in [0.25, 0.3) is 0 Å². The van der Waals surface area contributed by atoms with Gasteiger partial charge in [-0.25, -0.2) is 0 Å². The summed E-state index contributed by atoms with van der Waals surface area (Å²) in [6.07, 6.45) is 35.6. The fraction of sp³-hybridized carbons (Fsp3) is 0.708. The average molecular weight is 856 g/mol. The normalized spacial score (nSPS) is 12.0. The Morgan fingerprint density at radius 2 is 0.642 bits per heavy atom. The monoisotopic (exact) mass is 856 g/mol. The second-order valence-electron chi connectivity index (χ2n) is 15.4. The second-order valence-corrected chi connectivity index (χ2v) is 15.4. The van der Waals surface area contributed by atoms with Crippen molar-refractivity contribution in [2.75, 3.05) is 0 Å². The molecule has 2 unspecified atom stereocenters. The summed E-state index contributed by atoms with van der Waals surface area (Å²) in [5.74, 6) is -0.333. The Labute approximate surface area is 367 Å². The number of carboxylic acids is 2. The van der Waals surface area contributed by atoms with Gasteiger partial charge in [0.15, 0.2) is 0 Å². The third-order valence-electron chi connectivity index (χ3n) is 10.7. The molecule has 0 aliphatic rings. The predicted molar refractivity (Wildman–Crippen MR) is 224 cm³/mol. The Bertz CT molecular complexity index is 974. The molecule has 0 N–H and O–H groups in total. The molecule has 5 heteroatoms. The fourth-order valence-electron chi connectivity index (χ4n) is 7.48. The number of unbranched alkanes of at least 4 members (excludes halogenated alkanes) is 20. The van der Waals surface area contributed by atoms with Crippen LogP contribution in [0.1, 0.15) is 229 Å². The largest absolute Gasteiger partial charge is 2.00 e. The first-order chi connectivity index (χ1) is 25.5. The van der Waals surface area contributed by atoms with Crippen LogP contribution in [0.15, 0.2) is 60.7 Å². The molecule has 296 valence electrons. The van der Waals surface area contributed by atoms with Crippen LogP contribution in [-0.2, 0) is 9.59 Å². The standard InChI is InChI=1S/2C24H40O2.Ba/c2*1-2-3-12-17-22(23-19-14-11-15-20-23)18-13-9-7-5-4-6-8-10-16-21-24(25)26;/h2*11,14-15,19-20,22H,2-10,12-13,16-18,21H2,1H3,(H,25,26);/q;;+2/p-2. The minimum Gasteiger partial charge on any atom is -0.550 e. The number of aliphatic carboxylic acids is 2. The van der Waals surface area contributed by atoms with Crippen LogP contribution >= 0.6 is 0 Å². The van der Waals surface area contributed by atoms with Crippen molar-refractivity contribution in [3.8, 4) is 0 Å². The van der Waals surface area contributed by atoms with Gasteiger partial charge in [0.1, 0.15) is 0 Å². The number of hydrogen-bond acceptors (Lipinski definition) is 4. The van der Waals surface area contributed by atoms with Crippen molar-refractivity contribution >= 4 is 60.8 Å². The van der Waals surface area contributed by atoms with Gasteiger partial charge >= 0.3 is 48.9 Å². The number of benzene rings is 2. The molecule has 53 heavy (non-hydrogen) atoms. The molecular formula is C48H78BaO4. The van der Waals surface area contributed by atoms with Crippen LogP contribution in [0.5, 0.6) is 0 Å². The van der Waals surface area contributed by atoms with E-state index in [4.69, 9.17) is 0 Å². The third-order valence-corrected chi connectivity index (χ3v) is 10.7. The molecule has 0 heterocycles. The quantitative estimate of drug-likeness (QED) is 0.0519. The number of carboxylic acid groups (broad SMARTS) is 2. The Hall–Kier alpha value is -1.05. The van der Waals surface area contributed by atoms with E-state index in [1.54, 1.807) is 0 Å². The summed E-state index contributed by atoms with van der Waals surface area (Å²) in [5.41, 5.74) is 3.06. The van der Waals surface area contributed by atoms with E-state index in [-0.39, 0.29) is 61.7 Å². The molecule has 0 spiro atoms.